The maximum absolute atomic E-state index is 11.5. The standard InChI is InChI=1S/C15H16O2S/c1-12(13-7-4-3-5-8-13)14-9-6-10-15(11-14)18(2,16)17/h3-12H,1-2H3. The van der Waals surface area contributed by atoms with Gasteiger partial charge < -0.3 is 0 Å². The second kappa shape index (κ2) is 4.94. The van der Waals surface area contributed by atoms with Crippen LogP contribution < -0.4 is 0 Å². The molecule has 0 heterocycles. The first kappa shape index (κ1) is 12.8. The summed E-state index contributed by atoms with van der Waals surface area (Å²) in [6, 6.07) is 17.2. The van der Waals surface area contributed by atoms with E-state index in [1.807, 2.05) is 24.3 Å². The molecule has 2 aromatic rings. The quantitative estimate of drug-likeness (QED) is 0.849. The smallest absolute Gasteiger partial charge is 0.175 e. The maximum atomic E-state index is 11.5. The van der Waals surface area contributed by atoms with Crippen LogP contribution in [0.3, 0.4) is 0 Å². The summed E-state index contributed by atoms with van der Waals surface area (Å²) < 4.78 is 23.1. The molecule has 2 rings (SSSR count). The lowest BCUT2D eigenvalue weighted by Crippen LogP contribution is -2.01. The molecule has 0 bridgehead atoms. The Hall–Kier alpha value is -1.61. The molecule has 0 saturated carbocycles. The number of benzene rings is 2. The van der Waals surface area contributed by atoms with Gasteiger partial charge in [-0.15, -0.1) is 0 Å². The molecule has 2 nitrogen and oxygen atoms in total. The van der Waals surface area contributed by atoms with Crippen LogP contribution in [0.1, 0.15) is 24.0 Å². The Bertz CT molecular complexity index is 631. The lowest BCUT2D eigenvalue weighted by molar-refractivity contribution is 0.601. The normalized spacial score (nSPS) is 13.2. The van der Waals surface area contributed by atoms with Crippen LogP contribution in [0.4, 0.5) is 0 Å². The molecular weight excluding hydrogens is 244 g/mol. The fraction of sp³-hybridized carbons (Fsp3) is 0.200. The summed E-state index contributed by atoms with van der Waals surface area (Å²) in [5.41, 5.74) is 2.20. The third kappa shape index (κ3) is 2.79. The number of hydrogen-bond acceptors (Lipinski definition) is 2. The van der Waals surface area contributed by atoms with Gasteiger partial charge in [0.2, 0.25) is 0 Å². The zero-order valence-electron chi connectivity index (χ0n) is 10.5. The molecule has 0 aliphatic rings. The molecule has 0 aliphatic carbocycles. The van der Waals surface area contributed by atoms with Crippen molar-refractivity contribution in [3.8, 4) is 0 Å². The minimum absolute atomic E-state index is 0.188. The first-order valence-corrected chi connectivity index (χ1v) is 7.72. The molecule has 0 N–H and O–H groups in total. The van der Waals surface area contributed by atoms with E-state index in [2.05, 4.69) is 19.1 Å². The van der Waals surface area contributed by atoms with E-state index in [1.54, 1.807) is 18.2 Å². The van der Waals surface area contributed by atoms with Gasteiger partial charge in [-0.3, -0.25) is 0 Å². The summed E-state index contributed by atoms with van der Waals surface area (Å²) in [6.07, 6.45) is 1.24. The molecule has 0 radical (unpaired) electrons. The summed E-state index contributed by atoms with van der Waals surface area (Å²) in [5, 5.41) is 0. The van der Waals surface area contributed by atoms with Gasteiger partial charge in [-0.1, -0.05) is 49.4 Å². The van der Waals surface area contributed by atoms with E-state index in [-0.39, 0.29) is 5.92 Å². The molecule has 1 atom stereocenters. The predicted molar refractivity (Wildman–Crippen MR) is 73.5 cm³/mol. The molecule has 94 valence electrons. The fourth-order valence-electron chi connectivity index (χ4n) is 1.95. The van der Waals surface area contributed by atoms with Crippen molar-refractivity contribution in [2.45, 2.75) is 17.7 Å². The average Bonchev–Trinajstić information content (AvgIpc) is 2.38. The minimum atomic E-state index is -3.14. The van der Waals surface area contributed by atoms with Crippen LogP contribution in [-0.2, 0) is 9.84 Å². The summed E-state index contributed by atoms with van der Waals surface area (Å²) in [7, 11) is -3.14. The predicted octanol–water partition coefficient (Wildman–Crippen LogP) is 3.24. The van der Waals surface area contributed by atoms with E-state index in [0.717, 1.165) is 5.56 Å². The van der Waals surface area contributed by atoms with Crippen molar-refractivity contribution < 1.29 is 8.42 Å². The average molecular weight is 260 g/mol. The van der Waals surface area contributed by atoms with Crippen LogP contribution in [0.5, 0.6) is 0 Å². The fourth-order valence-corrected chi connectivity index (χ4v) is 2.62. The first-order chi connectivity index (χ1) is 8.48. The van der Waals surface area contributed by atoms with Crippen LogP contribution in [0, 0.1) is 0 Å². The topological polar surface area (TPSA) is 34.1 Å². The summed E-state index contributed by atoms with van der Waals surface area (Å²) >= 11 is 0. The SMILES string of the molecule is CC(c1ccccc1)c1cccc(S(C)(=O)=O)c1. The monoisotopic (exact) mass is 260 g/mol. The number of sulfone groups is 1. The lowest BCUT2D eigenvalue weighted by Gasteiger charge is -2.13. The van der Waals surface area contributed by atoms with E-state index >= 15 is 0 Å². The number of rotatable bonds is 3. The van der Waals surface area contributed by atoms with Crippen LogP contribution in [0.25, 0.3) is 0 Å². The van der Waals surface area contributed by atoms with E-state index < -0.39 is 9.84 Å². The van der Waals surface area contributed by atoms with Crippen LogP contribution in [0.15, 0.2) is 59.5 Å². The molecule has 2 aromatic carbocycles. The highest BCUT2D eigenvalue weighted by Gasteiger charge is 2.12. The van der Waals surface area contributed by atoms with Gasteiger partial charge in [-0.25, -0.2) is 8.42 Å². The highest BCUT2D eigenvalue weighted by Crippen LogP contribution is 2.25. The molecule has 1 unspecified atom stereocenters. The second-order valence-electron chi connectivity index (χ2n) is 4.48. The molecule has 0 aliphatic heterocycles. The van der Waals surface area contributed by atoms with Gasteiger partial charge in [0.05, 0.1) is 4.90 Å². The molecule has 0 fully saturated rings. The highest BCUT2D eigenvalue weighted by atomic mass is 32.2. The van der Waals surface area contributed by atoms with Gasteiger partial charge in [-0.2, -0.15) is 0 Å². The van der Waals surface area contributed by atoms with Crippen molar-refractivity contribution in [3.63, 3.8) is 0 Å². The largest absolute Gasteiger partial charge is 0.224 e. The summed E-state index contributed by atoms with van der Waals surface area (Å²) in [5.74, 6) is 0.188. The van der Waals surface area contributed by atoms with Crippen molar-refractivity contribution in [1.29, 1.82) is 0 Å². The third-order valence-corrected chi connectivity index (χ3v) is 4.20. The van der Waals surface area contributed by atoms with Gasteiger partial charge in [0.25, 0.3) is 0 Å². The van der Waals surface area contributed by atoms with Gasteiger partial charge in [-0.05, 0) is 23.3 Å². The van der Waals surface area contributed by atoms with Crippen molar-refractivity contribution >= 4 is 9.84 Å². The van der Waals surface area contributed by atoms with Crippen molar-refractivity contribution in [1.82, 2.24) is 0 Å². The van der Waals surface area contributed by atoms with Crippen molar-refractivity contribution in [3.05, 3.63) is 65.7 Å². The maximum Gasteiger partial charge on any atom is 0.175 e. The third-order valence-electron chi connectivity index (χ3n) is 3.09. The van der Waals surface area contributed by atoms with Crippen LogP contribution >= 0.6 is 0 Å². The first-order valence-electron chi connectivity index (χ1n) is 5.83. The van der Waals surface area contributed by atoms with Gasteiger partial charge in [0, 0.05) is 12.2 Å². The molecule has 0 amide bonds. The Morgan fingerprint density at radius 1 is 0.889 bits per heavy atom. The Morgan fingerprint density at radius 3 is 2.11 bits per heavy atom. The molecular formula is C15H16O2S. The number of hydrogen-bond donors (Lipinski definition) is 0. The zero-order chi connectivity index (χ0) is 13.2. The van der Waals surface area contributed by atoms with Gasteiger partial charge in [0.15, 0.2) is 9.84 Å². The molecule has 0 saturated heterocycles. The Kier molecular flexibility index (Phi) is 3.53. The Morgan fingerprint density at radius 2 is 1.50 bits per heavy atom. The van der Waals surface area contributed by atoms with Crippen LogP contribution in [0.2, 0.25) is 0 Å². The molecule has 0 spiro atoms. The van der Waals surface area contributed by atoms with Gasteiger partial charge in [0.1, 0.15) is 0 Å². The van der Waals surface area contributed by atoms with E-state index in [1.165, 1.54) is 11.8 Å². The lowest BCUT2D eigenvalue weighted by atomic mass is 9.93. The van der Waals surface area contributed by atoms with E-state index in [9.17, 15) is 8.42 Å². The van der Waals surface area contributed by atoms with Crippen molar-refractivity contribution in [2.75, 3.05) is 6.26 Å². The summed E-state index contributed by atoms with van der Waals surface area (Å²) in [6.45, 7) is 2.08. The van der Waals surface area contributed by atoms with Gasteiger partial charge >= 0.3 is 0 Å². The van der Waals surface area contributed by atoms with Crippen LogP contribution in [-0.4, -0.2) is 14.7 Å². The molecule has 18 heavy (non-hydrogen) atoms. The zero-order valence-corrected chi connectivity index (χ0v) is 11.3. The van der Waals surface area contributed by atoms with E-state index in [4.69, 9.17) is 0 Å². The molecule has 0 aromatic heterocycles. The Balaban J connectivity index is 2.41. The second-order valence-corrected chi connectivity index (χ2v) is 6.49. The highest BCUT2D eigenvalue weighted by molar-refractivity contribution is 7.90. The Labute approximate surface area is 108 Å². The van der Waals surface area contributed by atoms with E-state index in [0.29, 0.717) is 4.90 Å². The van der Waals surface area contributed by atoms with Crippen molar-refractivity contribution in [2.24, 2.45) is 0 Å². The minimum Gasteiger partial charge on any atom is -0.224 e. The summed E-state index contributed by atoms with van der Waals surface area (Å²) in [4.78, 5) is 0.378. The molecule has 3 heteroatoms.